The van der Waals surface area contributed by atoms with Crippen LogP contribution in [0, 0.1) is 18.3 Å². The van der Waals surface area contributed by atoms with Crippen LogP contribution in [0.1, 0.15) is 33.9 Å². The predicted molar refractivity (Wildman–Crippen MR) is 87.0 cm³/mol. The van der Waals surface area contributed by atoms with Gasteiger partial charge in [-0.3, -0.25) is 14.9 Å². The van der Waals surface area contributed by atoms with Gasteiger partial charge in [0.2, 0.25) is 11.8 Å². The summed E-state index contributed by atoms with van der Waals surface area (Å²) in [6.07, 6.45) is 0. The van der Waals surface area contributed by atoms with Gasteiger partial charge in [-0.15, -0.1) is 5.10 Å². The fourth-order valence-corrected chi connectivity index (χ4v) is 3.14. The molecule has 3 aromatic rings. The SMILES string of the molecule is Cc1[nH]nc2c1C(c1ccccc1)c1c([nH]c(=O)c(C#N)c1N)O2. The van der Waals surface area contributed by atoms with E-state index in [0.29, 0.717) is 11.4 Å². The lowest BCUT2D eigenvalue weighted by atomic mass is 9.83. The maximum absolute atomic E-state index is 12.0. The fraction of sp³-hybridized carbons (Fsp3) is 0.118. The Labute approximate surface area is 136 Å². The number of anilines is 1. The number of aromatic amines is 2. The molecule has 4 rings (SSSR count). The van der Waals surface area contributed by atoms with E-state index in [-0.39, 0.29) is 23.0 Å². The van der Waals surface area contributed by atoms with Crippen molar-refractivity contribution in [3.05, 3.63) is 68.6 Å². The number of hydrogen-bond acceptors (Lipinski definition) is 5. The van der Waals surface area contributed by atoms with E-state index in [9.17, 15) is 10.1 Å². The van der Waals surface area contributed by atoms with Crippen molar-refractivity contribution < 1.29 is 4.74 Å². The van der Waals surface area contributed by atoms with Gasteiger partial charge in [0, 0.05) is 22.7 Å². The summed E-state index contributed by atoms with van der Waals surface area (Å²) in [6.45, 7) is 1.89. The van der Waals surface area contributed by atoms with E-state index in [0.717, 1.165) is 16.8 Å². The van der Waals surface area contributed by atoms with E-state index in [1.54, 1.807) is 0 Å². The van der Waals surface area contributed by atoms with Crippen LogP contribution < -0.4 is 16.0 Å². The average Bonchev–Trinajstić information content (AvgIpc) is 2.95. The van der Waals surface area contributed by atoms with Crippen molar-refractivity contribution in [1.82, 2.24) is 15.2 Å². The number of aryl methyl sites for hydroxylation is 1. The third-order valence-electron chi connectivity index (χ3n) is 4.24. The molecule has 1 aliphatic rings. The topological polar surface area (TPSA) is 121 Å². The second-order valence-corrected chi connectivity index (χ2v) is 5.61. The summed E-state index contributed by atoms with van der Waals surface area (Å²) in [7, 11) is 0. The normalized spacial score (nSPS) is 15.1. The maximum atomic E-state index is 12.0. The summed E-state index contributed by atoms with van der Waals surface area (Å²) < 4.78 is 5.72. The van der Waals surface area contributed by atoms with Crippen molar-refractivity contribution in [3.8, 4) is 17.8 Å². The van der Waals surface area contributed by atoms with Crippen molar-refractivity contribution in [1.29, 1.82) is 5.26 Å². The van der Waals surface area contributed by atoms with E-state index in [2.05, 4.69) is 15.2 Å². The molecule has 1 aliphatic heterocycles. The highest BCUT2D eigenvalue weighted by Crippen LogP contribution is 2.48. The quantitative estimate of drug-likeness (QED) is 0.496. The number of nitrogens with zero attached hydrogens (tertiary/aromatic N) is 2. The number of H-pyrrole nitrogens is 2. The van der Waals surface area contributed by atoms with Gasteiger partial charge in [0.1, 0.15) is 11.6 Å². The van der Waals surface area contributed by atoms with E-state index < -0.39 is 5.56 Å². The first-order valence-electron chi connectivity index (χ1n) is 7.35. The number of rotatable bonds is 1. The Bertz CT molecular complexity index is 1040. The molecule has 0 aliphatic carbocycles. The largest absolute Gasteiger partial charge is 0.420 e. The molecule has 0 saturated heterocycles. The Morgan fingerprint density at radius 1 is 1.29 bits per heavy atom. The van der Waals surface area contributed by atoms with Gasteiger partial charge < -0.3 is 10.5 Å². The standard InChI is InChI=1S/C17H13N5O2/c1-8-11-12(9-5-3-2-4-6-9)13-14(19)10(7-18)15(23)20-16(13)24-17(11)22-21-8/h2-6,12H,1H3,(H,21,22)(H3,19,20,23). The number of nitriles is 1. The smallest absolute Gasteiger partial charge is 0.270 e. The Morgan fingerprint density at radius 2 is 2.04 bits per heavy atom. The van der Waals surface area contributed by atoms with Crippen LogP contribution in [-0.2, 0) is 0 Å². The Hall–Kier alpha value is -3.53. The highest BCUT2D eigenvalue weighted by Gasteiger charge is 2.36. The van der Waals surface area contributed by atoms with Gasteiger partial charge in [0.05, 0.1) is 5.69 Å². The van der Waals surface area contributed by atoms with Crippen LogP contribution in [0.15, 0.2) is 35.1 Å². The zero-order valence-corrected chi connectivity index (χ0v) is 12.8. The lowest BCUT2D eigenvalue weighted by Crippen LogP contribution is -2.22. The zero-order valence-electron chi connectivity index (χ0n) is 12.8. The molecule has 118 valence electrons. The van der Waals surface area contributed by atoms with Gasteiger partial charge in [-0.25, -0.2) is 0 Å². The summed E-state index contributed by atoms with van der Waals surface area (Å²) in [5.74, 6) is 0.339. The van der Waals surface area contributed by atoms with Crippen molar-refractivity contribution >= 4 is 5.69 Å². The maximum Gasteiger partial charge on any atom is 0.270 e. The van der Waals surface area contributed by atoms with E-state index in [1.165, 1.54) is 0 Å². The molecule has 0 saturated carbocycles. The number of hydrogen-bond donors (Lipinski definition) is 3. The Kier molecular flexibility index (Phi) is 2.93. The summed E-state index contributed by atoms with van der Waals surface area (Å²) in [6, 6.07) is 11.6. The first kappa shape index (κ1) is 14.1. The molecule has 1 atom stereocenters. The predicted octanol–water partition coefficient (Wildman–Crippen LogP) is 2.15. The number of nitrogens with one attached hydrogen (secondary N) is 2. The van der Waals surface area contributed by atoms with Gasteiger partial charge >= 0.3 is 0 Å². The second kappa shape index (κ2) is 4.99. The minimum absolute atomic E-state index is 0.108. The molecule has 4 N–H and O–H groups in total. The minimum atomic E-state index is -0.573. The molecule has 2 aromatic heterocycles. The number of pyridine rings is 1. The van der Waals surface area contributed by atoms with E-state index in [4.69, 9.17) is 10.5 Å². The monoisotopic (exact) mass is 319 g/mol. The second-order valence-electron chi connectivity index (χ2n) is 5.61. The molecule has 0 bridgehead atoms. The van der Waals surface area contributed by atoms with Crippen LogP contribution >= 0.6 is 0 Å². The third kappa shape index (κ3) is 1.83. The fourth-order valence-electron chi connectivity index (χ4n) is 3.14. The number of nitrogen functional groups attached to an aromatic ring is 1. The number of ether oxygens (including phenoxy) is 1. The molecule has 0 fully saturated rings. The first-order valence-corrected chi connectivity index (χ1v) is 7.35. The van der Waals surface area contributed by atoms with Crippen molar-refractivity contribution in [3.63, 3.8) is 0 Å². The van der Waals surface area contributed by atoms with Crippen LogP contribution in [0.5, 0.6) is 11.8 Å². The summed E-state index contributed by atoms with van der Waals surface area (Å²) in [4.78, 5) is 14.6. The van der Waals surface area contributed by atoms with Gasteiger partial charge in [0.25, 0.3) is 5.56 Å². The first-order chi connectivity index (χ1) is 11.6. The Balaban J connectivity index is 2.09. The molecule has 1 aromatic carbocycles. The zero-order chi connectivity index (χ0) is 16.8. The van der Waals surface area contributed by atoms with E-state index in [1.807, 2.05) is 43.3 Å². The van der Waals surface area contributed by atoms with Crippen molar-refractivity contribution in [2.45, 2.75) is 12.8 Å². The Morgan fingerprint density at radius 3 is 2.75 bits per heavy atom. The number of fused-ring (bicyclic) bond motifs is 2. The molecule has 24 heavy (non-hydrogen) atoms. The van der Waals surface area contributed by atoms with Crippen LogP contribution in [0.25, 0.3) is 0 Å². The van der Waals surface area contributed by atoms with Crippen molar-refractivity contribution in [2.75, 3.05) is 5.73 Å². The molecule has 0 amide bonds. The third-order valence-corrected chi connectivity index (χ3v) is 4.24. The van der Waals surface area contributed by atoms with Crippen molar-refractivity contribution in [2.24, 2.45) is 0 Å². The van der Waals surface area contributed by atoms with Crippen LogP contribution in [0.3, 0.4) is 0 Å². The number of aromatic nitrogens is 3. The van der Waals surface area contributed by atoms with Crippen LogP contribution in [0.4, 0.5) is 5.69 Å². The van der Waals surface area contributed by atoms with Crippen LogP contribution in [0.2, 0.25) is 0 Å². The molecule has 3 heterocycles. The minimum Gasteiger partial charge on any atom is -0.420 e. The molecule has 7 nitrogen and oxygen atoms in total. The van der Waals surface area contributed by atoms with Gasteiger partial charge in [-0.2, -0.15) is 5.26 Å². The summed E-state index contributed by atoms with van der Waals surface area (Å²) in [5, 5.41) is 16.3. The van der Waals surface area contributed by atoms with Gasteiger partial charge in [-0.05, 0) is 12.5 Å². The number of benzene rings is 1. The summed E-state index contributed by atoms with van der Waals surface area (Å²) >= 11 is 0. The molecular weight excluding hydrogens is 306 g/mol. The highest BCUT2D eigenvalue weighted by molar-refractivity contribution is 5.69. The molecule has 7 heteroatoms. The lowest BCUT2D eigenvalue weighted by Gasteiger charge is -2.27. The molecule has 0 radical (unpaired) electrons. The van der Waals surface area contributed by atoms with Gasteiger partial charge in [-0.1, -0.05) is 30.3 Å². The van der Waals surface area contributed by atoms with E-state index >= 15 is 0 Å². The number of nitrogens with two attached hydrogens (primary N) is 1. The van der Waals surface area contributed by atoms with Crippen LogP contribution in [-0.4, -0.2) is 15.2 Å². The lowest BCUT2D eigenvalue weighted by molar-refractivity contribution is 0.416. The average molecular weight is 319 g/mol. The molecule has 0 spiro atoms. The summed E-state index contributed by atoms with van der Waals surface area (Å²) in [5.41, 5.74) is 8.85. The molecule has 1 unspecified atom stereocenters. The van der Waals surface area contributed by atoms with Gasteiger partial charge in [0.15, 0.2) is 0 Å². The molecular formula is C17H13N5O2. The highest BCUT2D eigenvalue weighted by atomic mass is 16.5.